The van der Waals surface area contributed by atoms with E-state index in [1.165, 1.54) is 0 Å². The molecule has 0 spiro atoms. The van der Waals surface area contributed by atoms with E-state index in [0.717, 1.165) is 13.0 Å². The molecule has 6 heteroatoms. The van der Waals surface area contributed by atoms with Crippen molar-refractivity contribution in [1.29, 1.82) is 0 Å². The van der Waals surface area contributed by atoms with Crippen LogP contribution in [-0.2, 0) is 0 Å². The Labute approximate surface area is 94.7 Å². The normalized spacial score (nSPS) is 11.9. The van der Waals surface area contributed by atoms with Crippen molar-refractivity contribution in [2.75, 3.05) is 6.54 Å². The van der Waals surface area contributed by atoms with Crippen molar-refractivity contribution in [3.8, 4) is 0 Å². The van der Waals surface area contributed by atoms with Gasteiger partial charge >= 0.3 is 0 Å². The molecule has 0 aliphatic heterocycles. The predicted octanol–water partition coefficient (Wildman–Crippen LogP) is 1.37. The van der Waals surface area contributed by atoms with Crippen molar-refractivity contribution in [2.24, 2.45) is 0 Å². The van der Waals surface area contributed by atoms with E-state index in [1.54, 1.807) is 0 Å². The van der Waals surface area contributed by atoms with Crippen molar-refractivity contribution in [2.45, 2.75) is 19.4 Å². The van der Waals surface area contributed by atoms with Gasteiger partial charge in [-0.25, -0.2) is 0 Å². The molecule has 0 amide bonds. The summed E-state index contributed by atoms with van der Waals surface area (Å²) < 4.78 is 1.01. The fourth-order valence-electron chi connectivity index (χ4n) is 0.683. The first-order valence-electron chi connectivity index (χ1n) is 3.52. The molecule has 0 heterocycles. The topological polar surface area (TPSA) is 24.1 Å². The number of thiol groups is 2. The van der Waals surface area contributed by atoms with E-state index in [2.05, 4.69) is 42.8 Å². The lowest BCUT2D eigenvalue weighted by Gasteiger charge is -2.16. The zero-order valence-corrected chi connectivity index (χ0v) is 10.1. The summed E-state index contributed by atoms with van der Waals surface area (Å²) in [5, 5.41) is 5.97. The Balaban J connectivity index is 3.67. The van der Waals surface area contributed by atoms with Crippen LogP contribution in [0.2, 0.25) is 0 Å². The molecule has 0 radical (unpaired) electrons. The highest BCUT2D eigenvalue weighted by Gasteiger charge is 2.04. The highest BCUT2D eigenvalue weighted by Crippen LogP contribution is 1.92. The second kappa shape index (κ2) is 6.94. The van der Waals surface area contributed by atoms with Crippen LogP contribution in [0.1, 0.15) is 13.3 Å². The smallest absolute Gasteiger partial charge is 0.130 e. The molecule has 70 valence electrons. The summed E-state index contributed by atoms with van der Waals surface area (Å²) in [4.78, 5) is 0. The summed E-state index contributed by atoms with van der Waals surface area (Å²) in [5.41, 5.74) is 0. The van der Waals surface area contributed by atoms with E-state index in [-0.39, 0.29) is 6.04 Å². The average Bonchev–Trinajstić information content (AvgIpc) is 1.97. The zero-order valence-electron chi connectivity index (χ0n) is 6.70. The van der Waals surface area contributed by atoms with Crippen LogP contribution in [0.5, 0.6) is 0 Å². The molecule has 0 aromatic heterocycles. The summed E-state index contributed by atoms with van der Waals surface area (Å²) in [5.74, 6) is 0. The fraction of sp³-hybridized carbons (Fsp3) is 0.667. The van der Waals surface area contributed by atoms with Crippen molar-refractivity contribution in [3.63, 3.8) is 0 Å². The Morgan fingerprint density at radius 3 is 2.25 bits per heavy atom. The first-order valence-corrected chi connectivity index (χ1v) is 5.23. The standard InChI is InChI=1S/C6H12N2S4/c1-2-4(8-6(11)12)3-7-5(9)10/h4H,2-3H2,1H3,(H2,7,9,10)(H2,8,11,12). The molecule has 0 aromatic rings. The van der Waals surface area contributed by atoms with Gasteiger partial charge in [-0.1, -0.05) is 31.4 Å². The van der Waals surface area contributed by atoms with Gasteiger partial charge in [0.2, 0.25) is 0 Å². The van der Waals surface area contributed by atoms with E-state index in [9.17, 15) is 0 Å². The number of hydrogen-bond donors (Lipinski definition) is 4. The molecule has 2 nitrogen and oxygen atoms in total. The molecule has 0 bridgehead atoms. The third kappa shape index (κ3) is 7.15. The van der Waals surface area contributed by atoms with Crippen molar-refractivity contribution < 1.29 is 0 Å². The Kier molecular flexibility index (Phi) is 7.22. The van der Waals surface area contributed by atoms with Gasteiger partial charge in [-0.05, 0) is 6.42 Å². The van der Waals surface area contributed by atoms with E-state index < -0.39 is 0 Å². The molecule has 0 rings (SSSR count). The number of hydrogen-bond acceptors (Lipinski definition) is 2. The van der Waals surface area contributed by atoms with Gasteiger partial charge < -0.3 is 10.6 Å². The van der Waals surface area contributed by atoms with Gasteiger partial charge in [0.05, 0.1) is 0 Å². The molecule has 0 saturated heterocycles. The minimum absolute atomic E-state index is 0.264. The van der Waals surface area contributed by atoms with Gasteiger partial charge in [0.25, 0.3) is 0 Å². The predicted molar refractivity (Wildman–Crippen MR) is 68.4 cm³/mol. The minimum atomic E-state index is 0.264. The van der Waals surface area contributed by atoms with Crippen LogP contribution in [-0.4, -0.2) is 21.2 Å². The molecule has 12 heavy (non-hydrogen) atoms. The highest BCUT2D eigenvalue weighted by atomic mass is 32.1. The summed E-state index contributed by atoms with van der Waals surface area (Å²) in [7, 11) is 0. The molecule has 0 aromatic carbocycles. The van der Waals surface area contributed by atoms with E-state index in [1.807, 2.05) is 0 Å². The Morgan fingerprint density at radius 1 is 1.33 bits per heavy atom. The summed E-state index contributed by atoms with van der Waals surface area (Å²) in [6, 6.07) is 0.264. The third-order valence-corrected chi connectivity index (χ3v) is 1.87. The first kappa shape index (κ1) is 12.5. The van der Waals surface area contributed by atoms with Crippen LogP contribution < -0.4 is 10.6 Å². The van der Waals surface area contributed by atoms with Gasteiger partial charge in [0.1, 0.15) is 8.64 Å². The van der Waals surface area contributed by atoms with Crippen LogP contribution >= 0.6 is 49.7 Å². The maximum Gasteiger partial charge on any atom is 0.130 e. The number of thiocarbonyl (C=S) groups is 2. The van der Waals surface area contributed by atoms with Crippen LogP contribution in [0.3, 0.4) is 0 Å². The zero-order chi connectivity index (χ0) is 9.56. The number of nitrogens with one attached hydrogen (secondary N) is 2. The van der Waals surface area contributed by atoms with Gasteiger partial charge in [0, 0.05) is 12.6 Å². The van der Waals surface area contributed by atoms with Crippen LogP contribution in [0, 0.1) is 0 Å². The van der Waals surface area contributed by atoms with Crippen LogP contribution in [0.25, 0.3) is 0 Å². The van der Waals surface area contributed by atoms with Gasteiger partial charge in [-0.3, -0.25) is 0 Å². The van der Waals surface area contributed by atoms with E-state index >= 15 is 0 Å². The van der Waals surface area contributed by atoms with Crippen molar-refractivity contribution >= 4 is 58.3 Å². The Hall–Kier alpha value is 0.480. The summed E-state index contributed by atoms with van der Waals surface area (Å²) >= 11 is 17.5. The maximum atomic E-state index is 4.79. The number of rotatable bonds is 4. The monoisotopic (exact) mass is 240 g/mol. The largest absolute Gasteiger partial charge is 0.369 e. The Morgan fingerprint density at radius 2 is 1.92 bits per heavy atom. The lowest BCUT2D eigenvalue weighted by molar-refractivity contribution is 0.582. The molecule has 0 fully saturated rings. The molecule has 1 unspecified atom stereocenters. The van der Waals surface area contributed by atoms with Gasteiger partial charge in [0.15, 0.2) is 0 Å². The molecular formula is C6H12N2S4. The quantitative estimate of drug-likeness (QED) is 0.440. The average molecular weight is 240 g/mol. The second-order valence-electron chi connectivity index (χ2n) is 2.24. The van der Waals surface area contributed by atoms with Crippen molar-refractivity contribution in [3.05, 3.63) is 0 Å². The van der Waals surface area contributed by atoms with Gasteiger partial charge in [-0.2, -0.15) is 0 Å². The molecule has 0 aliphatic rings. The third-order valence-electron chi connectivity index (χ3n) is 1.32. The second-order valence-corrected chi connectivity index (χ2v) is 4.56. The summed E-state index contributed by atoms with van der Waals surface area (Å²) in [6.45, 7) is 2.78. The highest BCUT2D eigenvalue weighted by molar-refractivity contribution is 8.11. The minimum Gasteiger partial charge on any atom is -0.369 e. The molecule has 1 atom stereocenters. The van der Waals surface area contributed by atoms with E-state index in [0.29, 0.717) is 8.64 Å². The molecule has 0 aliphatic carbocycles. The Bertz CT molecular complexity index is 171. The SMILES string of the molecule is CCC(CNC(=S)S)NC(=S)S. The maximum absolute atomic E-state index is 4.79. The molecular weight excluding hydrogens is 228 g/mol. The lowest BCUT2D eigenvalue weighted by atomic mass is 10.2. The van der Waals surface area contributed by atoms with Crippen LogP contribution in [0.15, 0.2) is 0 Å². The fourth-order valence-corrected chi connectivity index (χ4v) is 1.21. The molecule has 0 saturated carbocycles. The van der Waals surface area contributed by atoms with E-state index in [4.69, 9.17) is 24.4 Å². The lowest BCUT2D eigenvalue weighted by Crippen LogP contribution is -2.40. The van der Waals surface area contributed by atoms with Crippen molar-refractivity contribution in [1.82, 2.24) is 10.6 Å². The first-order chi connectivity index (χ1) is 5.56. The van der Waals surface area contributed by atoms with Gasteiger partial charge in [-0.15, -0.1) is 25.3 Å². The molecule has 2 N–H and O–H groups in total. The summed E-state index contributed by atoms with van der Waals surface area (Å²) in [6.07, 6.45) is 0.962. The van der Waals surface area contributed by atoms with Crippen LogP contribution in [0.4, 0.5) is 0 Å².